The van der Waals surface area contributed by atoms with E-state index in [1.165, 1.54) is 0 Å². The van der Waals surface area contributed by atoms with Crippen LogP contribution in [0.4, 0.5) is 0 Å². The number of hydrogen-bond donors (Lipinski definition) is 1. The number of hydrogen-bond acceptors (Lipinski definition) is 2. The molecule has 0 aromatic heterocycles. The van der Waals surface area contributed by atoms with Crippen LogP contribution in [0.2, 0.25) is 5.02 Å². The number of nitrogens with one attached hydrogen (secondary N) is 1. The summed E-state index contributed by atoms with van der Waals surface area (Å²) >= 11 is 5.68. The van der Waals surface area contributed by atoms with E-state index in [4.69, 9.17) is 11.6 Å². The summed E-state index contributed by atoms with van der Waals surface area (Å²) in [5.41, 5.74) is 0.373. The van der Waals surface area contributed by atoms with E-state index in [1.807, 2.05) is 0 Å². The standard InChI is InChI=1S/C11H10ClNO2/c12-8-3-1-7(2-4-8)10(14)11(15)13-9-5-6-9/h1-4,9H,5-6H2,(H,13,15). The van der Waals surface area contributed by atoms with Crippen molar-refractivity contribution in [3.8, 4) is 0 Å². The van der Waals surface area contributed by atoms with Gasteiger partial charge < -0.3 is 5.32 Å². The fourth-order valence-electron chi connectivity index (χ4n) is 1.21. The summed E-state index contributed by atoms with van der Waals surface area (Å²) in [6.07, 6.45) is 1.94. The number of halogens is 1. The molecule has 0 aliphatic heterocycles. The molecule has 0 atom stereocenters. The fraction of sp³-hybridized carbons (Fsp3) is 0.273. The van der Waals surface area contributed by atoms with Crippen LogP contribution in [0.1, 0.15) is 23.2 Å². The molecule has 1 aliphatic carbocycles. The quantitative estimate of drug-likeness (QED) is 0.628. The molecule has 2 rings (SSSR count). The van der Waals surface area contributed by atoms with Crippen LogP contribution in [0, 0.1) is 0 Å². The Hall–Kier alpha value is -1.35. The molecule has 3 nitrogen and oxygen atoms in total. The van der Waals surface area contributed by atoms with Crippen LogP contribution in [0.5, 0.6) is 0 Å². The van der Waals surface area contributed by atoms with Crippen molar-refractivity contribution in [2.75, 3.05) is 0 Å². The van der Waals surface area contributed by atoms with E-state index in [0.29, 0.717) is 10.6 Å². The predicted octanol–water partition coefficient (Wildman–Crippen LogP) is 1.80. The lowest BCUT2D eigenvalue weighted by Gasteiger charge is -2.01. The third-order valence-electron chi connectivity index (χ3n) is 2.23. The summed E-state index contributed by atoms with van der Waals surface area (Å²) in [5.74, 6) is -1.03. The van der Waals surface area contributed by atoms with Crippen LogP contribution in [0.25, 0.3) is 0 Å². The van der Waals surface area contributed by atoms with Gasteiger partial charge in [-0.3, -0.25) is 9.59 Å². The molecule has 1 amide bonds. The van der Waals surface area contributed by atoms with E-state index < -0.39 is 11.7 Å². The van der Waals surface area contributed by atoms with Gasteiger partial charge in [-0.25, -0.2) is 0 Å². The number of Topliss-reactive ketones (excluding diaryl/α,β-unsaturated/α-hetero) is 1. The van der Waals surface area contributed by atoms with Crippen molar-refractivity contribution in [3.05, 3.63) is 34.9 Å². The molecule has 1 aromatic carbocycles. The van der Waals surface area contributed by atoms with Gasteiger partial charge in [0.25, 0.3) is 5.91 Å². The SMILES string of the molecule is O=C(NC1CC1)C(=O)c1ccc(Cl)cc1. The molecule has 1 N–H and O–H groups in total. The third kappa shape index (κ3) is 2.57. The molecule has 4 heteroatoms. The number of ketones is 1. The van der Waals surface area contributed by atoms with Crippen molar-refractivity contribution in [1.82, 2.24) is 5.32 Å². The molecule has 1 aliphatic rings. The summed E-state index contributed by atoms with van der Waals surface area (Å²) in [6.45, 7) is 0. The number of rotatable bonds is 3. The number of benzene rings is 1. The smallest absolute Gasteiger partial charge is 0.292 e. The van der Waals surface area contributed by atoms with E-state index in [-0.39, 0.29) is 6.04 Å². The van der Waals surface area contributed by atoms with Crippen molar-refractivity contribution in [2.24, 2.45) is 0 Å². The van der Waals surface area contributed by atoms with Gasteiger partial charge in [0, 0.05) is 16.6 Å². The highest BCUT2D eigenvalue weighted by molar-refractivity contribution is 6.43. The monoisotopic (exact) mass is 223 g/mol. The van der Waals surface area contributed by atoms with Crippen LogP contribution in [0.3, 0.4) is 0 Å². The van der Waals surface area contributed by atoms with Crippen molar-refractivity contribution in [1.29, 1.82) is 0 Å². The highest BCUT2D eigenvalue weighted by Gasteiger charge is 2.26. The molecule has 0 bridgehead atoms. The van der Waals surface area contributed by atoms with Crippen molar-refractivity contribution >= 4 is 23.3 Å². The van der Waals surface area contributed by atoms with Crippen LogP contribution >= 0.6 is 11.6 Å². The molecule has 1 fully saturated rings. The average molecular weight is 224 g/mol. The van der Waals surface area contributed by atoms with E-state index in [2.05, 4.69) is 5.32 Å². The van der Waals surface area contributed by atoms with Crippen LogP contribution in [0.15, 0.2) is 24.3 Å². The average Bonchev–Trinajstić information content (AvgIpc) is 3.02. The van der Waals surface area contributed by atoms with Gasteiger partial charge in [-0.05, 0) is 37.1 Å². The Morgan fingerprint density at radius 1 is 1.20 bits per heavy atom. The second-order valence-corrected chi connectivity index (χ2v) is 4.02. The summed E-state index contributed by atoms with van der Waals surface area (Å²) in [6, 6.07) is 6.50. The zero-order chi connectivity index (χ0) is 10.8. The predicted molar refractivity (Wildman–Crippen MR) is 56.9 cm³/mol. The number of carbonyl (C=O) groups excluding carboxylic acids is 2. The zero-order valence-electron chi connectivity index (χ0n) is 8.00. The van der Waals surface area contributed by atoms with E-state index >= 15 is 0 Å². The van der Waals surface area contributed by atoms with Gasteiger partial charge in [0.15, 0.2) is 0 Å². The summed E-state index contributed by atoms with van der Waals surface area (Å²) in [7, 11) is 0. The van der Waals surface area contributed by atoms with Gasteiger partial charge in [-0.1, -0.05) is 11.6 Å². The minimum Gasteiger partial charge on any atom is -0.346 e. The van der Waals surface area contributed by atoms with Crippen molar-refractivity contribution in [2.45, 2.75) is 18.9 Å². The van der Waals surface area contributed by atoms with Crippen molar-refractivity contribution in [3.63, 3.8) is 0 Å². The molecule has 0 unspecified atom stereocenters. The molecule has 0 heterocycles. The molecule has 1 saturated carbocycles. The van der Waals surface area contributed by atoms with Crippen LogP contribution in [-0.2, 0) is 4.79 Å². The lowest BCUT2D eigenvalue weighted by atomic mass is 10.1. The van der Waals surface area contributed by atoms with E-state index in [0.717, 1.165) is 12.8 Å². The maximum absolute atomic E-state index is 11.6. The second-order valence-electron chi connectivity index (χ2n) is 3.58. The Labute approximate surface area is 92.4 Å². The highest BCUT2D eigenvalue weighted by Crippen LogP contribution is 2.19. The van der Waals surface area contributed by atoms with Gasteiger partial charge in [0.2, 0.25) is 5.78 Å². The lowest BCUT2D eigenvalue weighted by Crippen LogP contribution is -2.32. The molecule has 1 aromatic rings. The molecule has 0 spiro atoms. The Morgan fingerprint density at radius 3 is 2.33 bits per heavy atom. The Morgan fingerprint density at radius 2 is 1.80 bits per heavy atom. The first-order chi connectivity index (χ1) is 7.16. The van der Waals surface area contributed by atoms with Gasteiger partial charge in [-0.15, -0.1) is 0 Å². The number of carbonyl (C=O) groups is 2. The maximum atomic E-state index is 11.6. The third-order valence-corrected chi connectivity index (χ3v) is 2.48. The summed E-state index contributed by atoms with van der Waals surface area (Å²) in [5, 5.41) is 3.20. The van der Waals surface area contributed by atoms with Gasteiger partial charge in [0.1, 0.15) is 0 Å². The molecular formula is C11H10ClNO2. The molecule has 0 saturated heterocycles. The minimum atomic E-state index is -0.528. The summed E-state index contributed by atoms with van der Waals surface area (Å²) in [4.78, 5) is 22.9. The normalized spacial score (nSPS) is 14.7. The Balaban J connectivity index is 2.05. The highest BCUT2D eigenvalue weighted by atomic mass is 35.5. The largest absolute Gasteiger partial charge is 0.346 e. The molecule has 0 radical (unpaired) electrons. The Kier molecular flexibility index (Phi) is 2.73. The van der Waals surface area contributed by atoms with Gasteiger partial charge in [-0.2, -0.15) is 0 Å². The van der Waals surface area contributed by atoms with Gasteiger partial charge >= 0.3 is 0 Å². The molecule has 15 heavy (non-hydrogen) atoms. The van der Waals surface area contributed by atoms with E-state index in [9.17, 15) is 9.59 Å². The first kappa shape index (κ1) is 10.2. The molecular weight excluding hydrogens is 214 g/mol. The maximum Gasteiger partial charge on any atom is 0.292 e. The number of amides is 1. The zero-order valence-corrected chi connectivity index (χ0v) is 8.75. The fourth-order valence-corrected chi connectivity index (χ4v) is 1.34. The second kappa shape index (κ2) is 4.03. The first-order valence-electron chi connectivity index (χ1n) is 4.77. The summed E-state index contributed by atoms with van der Waals surface area (Å²) < 4.78 is 0. The Bertz CT molecular complexity index is 396. The van der Waals surface area contributed by atoms with Crippen LogP contribution in [-0.4, -0.2) is 17.7 Å². The lowest BCUT2D eigenvalue weighted by molar-refractivity contribution is -0.117. The first-order valence-corrected chi connectivity index (χ1v) is 5.15. The van der Waals surface area contributed by atoms with E-state index in [1.54, 1.807) is 24.3 Å². The topological polar surface area (TPSA) is 46.2 Å². The molecule has 78 valence electrons. The minimum absolute atomic E-state index is 0.203. The van der Waals surface area contributed by atoms with Crippen molar-refractivity contribution < 1.29 is 9.59 Å². The van der Waals surface area contributed by atoms with Crippen LogP contribution < -0.4 is 5.32 Å². The van der Waals surface area contributed by atoms with Gasteiger partial charge in [0.05, 0.1) is 0 Å².